The number of nitro benzene ring substituents is 1. The smallest absolute Gasteiger partial charge is 0.271 e. The lowest BCUT2D eigenvalue weighted by Gasteiger charge is -2.13. The van der Waals surface area contributed by atoms with Crippen LogP contribution < -0.4 is 14.8 Å². The molecule has 1 amide bonds. The van der Waals surface area contributed by atoms with Crippen molar-refractivity contribution in [3.05, 3.63) is 92.5 Å². The normalized spacial score (nSPS) is 10.4. The van der Waals surface area contributed by atoms with Crippen molar-refractivity contribution in [1.29, 1.82) is 0 Å². The number of anilines is 1. The number of benzene rings is 3. The number of rotatable bonds is 7. The molecule has 154 valence electrons. The van der Waals surface area contributed by atoms with Crippen LogP contribution in [0.25, 0.3) is 0 Å². The second kappa shape index (κ2) is 9.28. The van der Waals surface area contributed by atoms with Crippen molar-refractivity contribution in [2.75, 3.05) is 12.4 Å². The molecule has 0 aromatic heterocycles. The van der Waals surface area contributed by atoms with E-state index in [1.807, 2.05) is 0 Å². The van der Waals surface area contributed by atoms with Crippen LogP contribution in [0.15, 0.2) is 60.7 Å². The Hall–Kier alpha value is -3.58. The van der Waals surface area contributed by atoms with Gasteiger partial charge in [0.1, 0.15) is 18.1 Å². The van der Waals surface area contributed by atoms with Gasteiger partial charge in [0.15, 0.2) is 0 Å². The Morgan fingerprint density at radius 1 is 1.13 bits per heavy atom. The fourth-order valence-electron chi connectivity index (χ4n) is 2.80. The van der Waals surface area contributed by atoms with E-state index in [0.29, 0.717) is 38.9 Å². The van der Waals surface area contributed by atoms with E-state index in [0.717, 1.165) is 0 Å². The number of nitrogens with zero attached hydrogens (tertiary/aromatic N) is 1. The topological polar surface area (TPSA) is 90.7 Å². The molecule has 0 aliphatic carbocycles. The molecule has 0 saturated carbocycles. The van der Waals surface area contributed by atoms with Crippen molar-refractivity contribution in [3.8, 4) is 11.5 Å². The molecule has 0 spiro atoms. The molecule has 3 aromatic carbocycles. The lowest BCUT2D eigenvalue weighted by atomic mass is 10.1. The highest BCUT2D eigenvalue weighted by Crippen LogP contribution is 2.26. The van der Waals surface area contributed by atoms with Crippen LogP contribution in [-0.4, -0.2) is 17.9 Å². The van der Waals surface area contributed by atoms with Crippen molar-refractivity contribution in [2.24, 2.45) is 0 Å². The van der Waals surface area contributed by atoms with Gasteiger partial charge in [-0.1, -0.05) is 23.7 Å². The predicted molar refractivity (Wildman–Crippen MR) is 115 cm³/mol. The molecule has 0 atom stereocenters. The van der Waals surface area contributed by atoms with Gasteiger partial charge < -0.3 is 14.8 Å². The van der Waals surface area contributed by atoms with Crippen LogP contribution in [0.4, 0.5) is 11.4 Å². The minimum atomic E-state index is -0.506. The number of carbonyl (C=O) groups excluding carboxylic acids is 1. The van der Waals surface area contributed by atoms with E-state index in [1.54, 1.807) is 55.5 Å². The number of halogens is 1. The number of nitro groups is 1. The fraction of sp³-hybridized carbons (Fsp3) is 0.136. The molecule has 0 aliphatic heterocycles. The molecule has 0 heterocycles. The van der Waals surface area contributed by atoms with Gasteiger partial charge in [0.2, 0.25) is 0 Å². The number of nitrogens with one attached hydrogen (secondary N) is 1. The van der Waals surface area contributed by atoms with E-state index in [9.17, 15) is 14.9 Å². The van der Waals surface area contributed by atoms with Crippen molar-refractivity contribution >= 4 is 28.9 Å². The number of amides is 1. The minimum absolute atomic E-state index is 0.0961. The van der Waals surface area contributed by atoms with Gasteiger partial charge in [0, 0.05) is 28.3 Å². The third-order valence-electron chi connectivity index (χ3n) is 4.41. The van der Waals surface area contributed by atoms with Crippen molar-refractivity contribution < 1.29 is 19.2 Å². The van der Waals surface area contributed by atoms with Crippen molar-refractivity contribution in [3.63, 3.8) is 0 Å². The van der Waals surface area contributed by atoms with Gasteiger partial charge in [0.05, 0.1) is 17.7 Å². The molecule has 3 rings (SSSR count). The van der Waals surface area contributed by atoms with E-state index < -0.39 is 10.8 Å². The lowest BCUT2D eigenvalue weighted by Crippen LogP contribution is -2.14. The monoisotopic (exact) mass is 426 g/mol. The molecule has 3 aromatic rings. The molecule has 1 N–H and O–H groups in total. The molecule has 7 nitrogen and oxygen atoms in total. The zero-order chi connectivity index (χ0) is 21.7. The van der Waals surface area contributed by atoms with Gasteiger partial charge in [-0.3, -0.25) is 14.9 Å². The largest absolute Gasteiger partial charge is 0.496 e. The number of hydrogen-bond donors (Lipinski definition) is 1. The van der Waals surface area contributed by atoms with E-state index in [1.165, 1.54) is 19.2 Å². The standard InChI is InChI=1S/C22H19ClN2O5/c1-14-6-8-18(25(27)28)12-20(14)24-22(26)15-7-9-21(29-2)16(10-15)13-30-19-5-3-4-17(23)11-19/h3-12H,13H2,1-2H3,(H,24,26). The first-order valence-electron chi connectivity index (χ1n) is 8.99. The summed E-state index contributed by atoms with van der Waals surface area (Å²) in [5.74, 6) is 0.761. The molecular formula is C22H19ClN2O5. The van der Waals surface area contributed by atoms with E-state index in [-0.39, 0.29) is 12.3 Å². The zero-order valence-corrected chi connectivity index (χ0v) is 17.1. The number of aryl methyl sites for hydroxylation is 1. The average Bonchev–Trinajstić information content (AvgIpc) is 2.73. The minimum Gasteiger partial charge on any atom is -0.496 e. The Morgan fingerprint density at radius 3 is 2.63 bits per heavy atom. The third-order valence-corrected chi connectivity index (χ3v) is 4.65. The lowest BCUT2D eigenvalue weighted by molar-refractivity contribution is -0.384. The van der Waals surface area contributed by atoms with E-state index in [4.69, 9.17) is 21.1 Å². The summed E-state index contributed by atoms with van der Waals surface area (Å²) in [5.41, 5.74) is 2.03. The summed E-state index contributed by atoms with van der Waals surface area (Å²) in [6.45, 7) is 1.93. The number of carbonyl (C=O) groups is 1. The molecule has 30 heavy (non-hydrogen) atoms. The summed E-state index contributed by atoms with van der Waals surface area (Å²) in [5, 5.41) is 14.3. The van der Waals surface area contributed by atoms with Crippen LogP contribution in [-0.2, 0) is 6.61 Å². The number of non-ortho nitro benzene ring substituents is 1. The molecule has 0 radical (unpaired) electrons. The molecular weight excluding hydrogens is 408 g/mol. The summed E-state index contributed by atoms with van der Waals surface area (Å²) < 4.78 is 11.1. The van der Waals surface area contributed by atoms with Crippen LogP contribution in [0.5, 0.6) is 11.5 Å². The number of methoxy groups -OCH3 is 1. The highest BCUT2D eigenvalue weighted by atomic mass is 35.5. The van der Waals surface area contributed by atoms with Gasteiger partial charge in [-0.05, 0) is 48.9 Å². The predicted octanol–water partition coefficient (Wildman–Crippen LogP) is 5.40. The van der Waals surface area contributed by atoms with Gasteiger partial charge in [-0.25, -0.2) is 0 Å². The first-order valence-corrected chi connectivity index (χ1v) is 9.37. The third kappa shape index (κ3) is 5.07. The van der Waals surface area contributed by atoms with Crippen LogP contribution in [0, 0.1) is 17.0 Å². The van der Waals surface area contributed by atoms with Gasteiger partial charge in [-0.15, -0.1) is 0 Å². The SMILES string of the molecule is COc1ccc(C(=O)Nc2cc([N+](=O)[O-])ccc2C)cc1COc1cccc(Cl)c1. The summed E-state index contributed by atoms with van der Waals surface area (Å²) in [7, 11) is 1.53. The second-order valence-electron chi connectivity index (χ2n) is 6.48. The van der Waals surface area contributed by atoms with E-state index in [2.05, 4.69) is 5.32 Å². The maximum atomic E-state index is 12.7. The molecule has 8 heteroatoms. The van der Waals surface area contributed by atoms with Crippen molar-refractivity contribution in [1.82, 2.24) is 0 Å². The zero-order valence-electron chi connectivity index (χ0n) is 16.3. The molecule has 0 fully saturated rings. The van der Waals surface area contributed by atoms with Crippen LogP contribution in [0.2, 0.25) is 5.02 Å². The van der Waals surface area contributed by atoms with Gasteiger partial charge >= 0.3 is 0 Å². The maximum Gasteiger partial charge on any atom is 0.271 e. The highest BCUT2D eigenvalue weighted by molar-refractivity contribution is 6.30. The summed E-state index contributed by atoms with van der Waals surface area (Å²) in [6.07, 6.45) is 0. The quantitative estimate of drug-likeness (QED) is 0.403. The van der Waals surface area contributed by atoms with Crippen LogP contribution in [0.1, 0.15) is 21.5 Å². The maximum absolute atomic E-state index is 12.7. The first-order chi connectivity index (χ1) is 14.4. The summed E-state index contributed by atoms with van der Waals surface area (Å²) >= 11 is 5.97. The molecule has 0 unspecified atom stereocenters. The Balaban J connectivity index is 1.81. The fourth-order valence-corrected chi connectivity index (χ4v) is 2.98. The highest BCUT2D eigenvalue weighted by Gasteiger charge is 2.14. The van der Waals surface area contributed by atoms with Crippen LogP contribution in [0.3, 0.4) is 0 Å². The average molecular weight is 427 g/mol. The Labute approximate surface area is 178 Å². The Bertz CT molecular complexity index is 1100. The molecule has 0 bridgehead atoms. The Kier molecular flexibility index (Phi) is 6.54. The van der Waals surface area contributed by atoms with Crippen molar-refractivity contribution in [2.45, 2.75) is 13.5 Å². The summed E-state index contributed by atoms with van der Waals surface area (Å²) in [6, 6.07) is 16.3. The van der Waals surface area contributed by atoms with Gasteiger partial charge in [-0.2, -0.15) is 0 Å². The Morgan fingerprint density at radius 2 is 1.93 bits per heavy atom. The molecule has 0 aliphatic rings. The number of ether oxygens (including phenoxy) is 2. The summed E-state index contributed by atoms with van der Waals surface area (Å²) in [4.78, 5) is 23.2. The van der Waals surface area contributed by atoms with Crippen LogP contribution >= 0.6 is 11.6 Å². The first kappa shape index (κ1) is 21.1. The van der Waals surface area contributed by atoms with E-state index >= 15 is 0 Å². The van der Waals surface area contributed by atoms with Gasteiger partial charge in [0.25, 0.3) is 11.6 Å². The number of hydrogen-bond acceptors (Lipinski definition) is 5. The second-order valence-corrected chi connectivity index (χ2v) is 6.92. The molecule has 0 saturated heterocycles.